The highest BCUT2D eigenvalue weighted by molar-refractivity contribution is 5.96. The molecule has 6 heteroatoms. The molecule has 0 saturated carbocycles. The van der Waals surface area contributed by atoms with Gasteiger partial charge < -0.3 is 10.4 Å². The summed E-state index contributed by atoms with van der Waals surface area (Å²) in [5, 5.41) is 17.7. The maximum Gasteiger partial charge on any atom is 0.330 e. The second kappa shape index (κ2) is 5.13. The summed E-state index contributed by atoms with van der Waals surface area (Å²) in [6.45, 7) is 0. The third-order valence-corrected chi connectivity index (χ3v) is 2.42. The number of rotatable bonds is 4. The molecular weight excluding hydrogens is 234 g/mol. The second-order valence-electron chi connectivity index (χ2n) is 3.64. The van der Waals surface area contributed by atoms with Crippen LogP contribution >= 0.6 is 0 Å². The molecule has 0 unspecified atom stereocenters. The minimum atomic E-state index is -1.11. The number of aliphatic carboxylic acids is 1. The monoisotopic (exact) mass is 245 g/mol. The van der Waals surface area contributed by atoms with Crippen molar-refractivity contribution in [2.75, 3.05) is 0 Å². The van der Waals surface area contributed by atoms with Crippen LogP contribution in [0.1, 0.15) is 22.0 Å². The molecule has 0 aliphatic heterocycles. The molecule has 2 aromatic rings. The van der Waals surface area contributed by atoms with Gasteiger partial charge in [0, 0.05) is 6.20 Å². The fraction of sp³-hybridized carbons (Fsp3) is 0.0833. The Morgan fingerprint density at radius 3 is 2.56 bits per heavy atom. The molecule has 18 heavy (non-hydrogen) atoms. The van der Waals surface area contributed by atoms with Crippen LogP contribution in [-0.2, 0) is 4.79 Å². The van der Waals surface area contributed by atoms with Gasteiger partial charge in [0.2, 0.25) is 0 Å². The third-order valence-electron chi connectivity index (χ3n) is 2.42. The number of aromatic amines is 1. The lowest BCUT2D eigenvalue weighted by Crippen LogP contribution is -2.33. The zero-order valence-corrected chi connectivity index (χ0v) is 9.33. The van der Waals surface area contributed by atoms with E-state index in [0.29, 0.717) is 5.56 Å². The lowest BCUT2D eigenvalue weighted by atomic mass is 10.1. The van der Waals surface area contributed by atoms with Crippen molar-refractivity contribution in [2.24, 2.45) is 0 Å². The van der Waals surface area contributed by atoms with E-state index in [9.17, 15) is 9.59 Å². The number of hydrogen-bond acceptors (Lipinski definition) is 3. The van der Waals surface area contributed by atoms with Gasteiger partial charge in [0.15, 0.2) is 6.04 Å². The van der Waals surface area contributed by atoms with E-state index in [2.05, 4.69) is 15.5 Å². The molecule has 3 N–H and O–H groups in total. The fourth-order valence-corrected chi connectivity index (χ4v) is 1.52. The highest BCUT2D eigenvalue weighted by Crippen LogP contribution is 2.13. The fourth-order valence-electron chi connectivity index (χ4n) is 1.52. The normalized spacial score (nSPS) is 11.8. The number of nitrogens with zero attached hydrogens (tertiary/aromatic N) is 1. The molecule has 6 nitrogen and oxygen atoms in total. The van der Waals surface area contributed by atoms with Crippen molar-refractivity contribution >= 4 is 11.9 Å². The first kappa shape index (κ1) is 11.8. The number of carbonyl (C=O) groups is 2. The van der Waals surface area contributed by atoms with E-state index in [1.54, 1.807) is 30.3 Å². The summed E-state index contributed by atoms with van der Waals surface area (Å²) in [5.41, 5.74) is 0.805. The molecule has 2 rings (SSSR count). The van der Waals surface area contributed by atoms with Crippen LogP contribution in [-0.4, -0.2) is 27.2 Å². The molecule has 0 aliphatic rings. The Labute approximate surface area is 103 Å². The van der Waals surface area contributed by atoms with Gasteiger partial charge in [-0.15, -0.1) is 0 Å². The Bertz CT molecular complexity index is 537. The van der Waals surface area contributed by atoms with E-state index >= 15 is 0 Å². The van der Waals surface area contributed by atoms with Crippen molar-refractivity contribution in [2.45, 2.75) is 6.04 Å². The Balaban J connectivity index is 2.18. The van der Waals surface area contributed by atoms with E-state index in [1.165, 1.54) is 12.4 Å². The Morgan fingerprint density at radius 2 is 2.00 bits per heavy atom. The molecule has 0 spiro atoms. The number of nitrogens with one attached hydrogen (secondary N) is 2. The highest BCUT2D eigenvalue weighted by Gasteiger charge is 2.22. The zero-order chi connectivity index (χ0) is 13.0. The Hall–Kier alpha value is -2.63. The van der Waals surface area contributed by atoms with Crippen LogP contribution in [0.4, 0.5) is 0 Å². The number of benzene rings is 1. The van der Waals surface area contributed by atoms with Crippen LogP contribution in [0, 0.1) is 0 Å². The Kier molecular flexibility index (Phi) is 3.38. The molecule has 1 aromatic carbocycles. The summed E-state index contributed by atoms with van der Waals surface area (Å²) >= 11 is 0. The molecule has 0 radical (unpaired) electrons. The van der Waals surface area contributed by atoms with Crippen LogP contribution in [0.15, 0.2) is 42.7 Å². The topological polar surface area (TPSA) is 95.1 Å². The number of carboxylic acids is 1. The van der Waals surface area contributed by atoms with Gasteiger partial charge in [-0.05, 0) is 5.56 Å². The number of hydrogen-bond donors (Lipinski definition) is 3. The summed E-state index contributed by atoms with van der Waals surface area (Å²) in [5.74, 6) is -1.60. The zero-order valence-electron chi connectivity index (χ0n) is 9.33. The molecule has 92 valence electrons. The van der Waals surface area contributed by atoms with Crippen LogP contribution in [0.25, 0.3) is 0 Å². The molecule has 1 aromatic heterocycles. The van der Waals surface area contributed by atoms with Crippen molar-refractivity contribution in [1.29, 1.82) is 0 Å². The second-order valence-corrected chi connectivity index (χ2v) is 3.64. The summed E-state index contributed by atoms with van der Waals surface area (Å²) in [6.07, 6.45) is 2.73. The van der Waals surface area contributed by atoms with Crippen molar-refractivity contribution < 1.29 is 14.7 Å². The van der Waals surface area contributed by atoms with Crippen molar-refractivity contribution in [3.05, 3.63) is 53.9 Å². The summed E-state index contributed by atoms with van der Waals surface area (Å²) in [7, 11) is 0. The van der Waals surface area contributed by atoms with Gasteiger partial charge in [0.05, 0.1) is 11.8 Å². The van der Waals surface area contributed by atoms with E-state index in [-0.39, 0.29) is 5.56 Å². The largest absolute Gasteiger partial charge is 0.479 e. The van der Waals surface area contributed by atoms with Gasteiger partial charge in [-0.2, -0.15) is 5.10 Å². The summed E-state index contributed by atoms with van der Waals surface area (Å²) in [6, 6.07) is 7.43. The predicted octanol–water partition coefficient (Wildman–Crippen LogP) is 0.965. The first-order valence-corrected chi connectivity index (χ1v) is 5.26. The van der Waals surface area contributed by atoms with Crippen LogP contribution in [0.3, 0.4) is 0 Å². The van der Waals surface area contributed by atoms with E-state index in [0.717, 1.165) is 0 Å². The smallest absolute Gasteiger partial charge is 0.330 e. The highest BCUT2D eigenvalue weighted by atomic mass is 16.4. The van der Waals surface area contributed by atoms with Gasteiger partial charge in [0.1, 0.15) is 0 Å². The first-order chi connectivity index (χ1) is 8.68. The average molecular weight is 245 g/mol. The van der Waals surface area contributed by atoms with Crippen LogP contribution < -0.4 is 5.32 Å². The third kappa shape index (κ3) is 2.54. The first-order valence-electron chi connectivity index (χ1n) is 5.26. The van der Waals surface area contributed by atoms with Gasteiger partial charge >= 0.3 is 5.97 Å². The number of amides is 1. The van der Waals surface area contributed by atoms with Crippen LogP contribution in [0.5, 0.6) is 0 Å². The average Bonchev–Trinajstić information content (AvgIpc) is 2.90. The number of carboxylic acid groups (broad SMARTS) is 1. The summed E-state index contributed by atoms with van der Waals surface area (Å²) in [4.78, 5) is 22.9. The maximum atomic E-state index is 11.8. The van der Waals surface area contributed by atoms with Crippen molar-refractivity contribution in [1.82, 2.24) is 15.5 Å². The van der Waals surface area contributed by atoms with E-state index < -0.39 is 17.9 Å². The summed E-state index contributed by atoms with van der Waals surface area (Å²) < 4.78 is 0. The molecule has 1 heterocycles. The minimum absolute atomic E-state index is 0.289. The van der Waals surface area contributed by atoms with Gasteiger partial charge in [-0.1, -0.05) is 30.3 Å². The number of H-pyrrole nitrogens is 1. The van der Waals surface area contributed by atoms with Gasteiger partial charge in [0.25, 0.3) is 5.91 Å². The molecule has 1 atom stereocenters. The van der Waals surface area contributed by atoms with Gasteiger partial charge in [-0.3, -0.25) is 9.89 Å². The van der Waals surface area contributed by atoms with E-state index in [4.69, 9.17) is 5.11 Å². The lowest BCUT2D eigenvalue weighted by Gasteiger charge is -2.14. The maximum absolute atomic E-state index is 11.8. The Morgan fingerprint density at radius 1 is 1.28 bits per heavy atom. The molecule has 0 bridgehead atoms. The number of aromatic nitrogens is 2. The van der Waals surface area contributed by atoms with Crippen molar-refractivity contribution in [3.8, 4) is 0 Å². The van der Waals surface area contributed by atoms with E-state index in [1.807, 2.05) is 0 Å². The molecular formula is C12H11N3O3. The van der Waals surface area contributed by atoms with Crippen molar-refractivity contribution in [3.63, 3.8) is 0 Å². The number of carbonyl (C=O) groups excluding carboxylic acids is 1. The molecule has 0 fully saturated rings. The minimum Gasteiger partial charge on any atom is -0.479 e. The van der Waals surface area contributed by atoms with Gasteiger partial charge in [-0.25, -0.2) is 4.79 Å². The SMILES string of the molecule is O=C(N[C@@H](C(=O)O)c1ccccc1)c1cn[nH]c1. The standard InChI is InChI=1S/C12H11N3O3/c16-11(9-6-13-14-7-9)15-10(12(17)18)8-4-2-1-3-5-8/h1-7,10H,(H,13,14)(H,15,16)(H,17,18)/t10-/m1/s1. The quantitative estimate of drug-likeness (QED) is 0.747. The lowest BCUT2D eigenvalue weighted by molar-refractivity contribution is -0.139. The molecule has 1 amide bonds. The molecule has 0 saturated heterocycles. The molecule has 0 aliphatic carbocycles. The van der Waals surface area contributed by atoms with Crippen LogP contribution in [0.2, 0.25) is 0 Å². The predicted molar refractivity (Wildman–Crippen MR) is 62.9 cm³/mol.